The number of aromatic nitrogens is 3. The van der Waals surface area contributed by atoms with E-state index in [4.69, 9.17) is 14.2 Å². The minimum atomic E-state index is -3.70. The topological polar surface area (TPSA) is 107 Å². The van der Waals surface area contributed by atoms with Crippen molar-refractivity contribution in [3.63, 3.8) is 0 Å². The van der Waals surface area contributed by atoms with Crippen LogP contribution in [0, 0.1) is 13.8 Å². The first kappa shape index (κ1) is 27.1. The van der Waals surface area contributed by atoms with Crippen LogP contribution in [0.5, 0.6) is 17.5 Å². The maximum atomic E-state index is 13.7. The van der Waals surface area contributed by atoms with Gasteiger partial charge < -0.3 is 19.1 Å². The molecular weight excluding hydrogens is 518 g/mol. The SMILES string of the molecule is COc1cc(C)c(S(=O)(=O)N(CCOc2nccc(N3CCC(Oc4ccncc4)CC3)n2)C2CC2)c(C)c1. The number of hydrogen-bond donors (Lipinski definition) is 0. The molecule has 1 saturated carbocycles. The van der Waals surface area contributed by atoms with Gasteiger partial charge in [-0.1, -0.05) is 0 Å². The lowest BCUT2D eigenvalue weighted by Gasteiger charge is -2.32. The number of aryl methyl sites for hydroxylation is 2. The fraction of sp³-hybridized carbons (Fsp3) is 0.464. The monoisotopic (exact) mass is 553 g/mol. The maximum absolute atomic E-state index is 13.7. The van der Waals surface area contributed by atoms with Crippen molar-refractivity contribution in [2.75, 3.05) is 38.3 Å². The third-order valence-corrected chi connectivity index (χ3v) is 9.33. The van der Waals surface area contributed by atoms with Crippen LogP contribution in [0.15, 0.2) is 53.8 Å². The quantitative estimate of drug-likeness (QED) is 0.351. The number of anilines is 1. The Kier molecular flexibility index (Phi) is 8.18. The molecule has 1 saturated heterocycles. The van der Waals surface area contributed by atoms with Gasteiger partial charge in [0.25, 0.3) is 0 Å². The molecular formula is C28H35N5O5S. The van der Waals surface area contributed by atoms with Gasteiger partial charge in [-0.05, 0) is 68.1 Å². The van der Waals surface area contributed by atoms with Crippen LogP contribution in [0.3, 0.4) is 0 Å². The average Bonchev–Trinajstić information content (AvgIpc) is 3.77. The van der Waals surface area contributed by atoms with Gasteiger partial charge in [-0.25, -0.2) is 13.4 Å². The Morgan fingerprint density at radius 3 is 2.31 bits per heavy atom. The molecule has 39 heavy (non-hydrogen) atoms. The molecule has 2 fully saturated rings. The minimum Gasteiger partial charge on any atom is -0.497 e. The van der Waals surface area contributed by atoms with Gasteiger partial charge in [-0.2, -0.15) is 9.29 Å². The number of sulfonamides is 1. The lowest BCUT2D eigenvalue weighted by molar-refractivity contribution is 0.170. The molecule has 2 aromatic heterocycles. The summed E-state index contributed by atoms with van der Waals surface area (Å²) in [5.74, 6) is 2.27. The van der Waals surface area contributed by atoms with Gasteiger partial charge in [-0.3, -0.25) is 4.98 Å². The summed E-state index contributed by atoms with van der Waals surface area (Å²) in [6.07, 6.45) is 8.73. The summed E-state index contributed by atoms with van der Waals surface area (Å²) in [6, 6.07) is 9.36. The third-order valence-electron chi connectivity index (χ3n) is 7.07. The molecule has 0 N–H and O–H groups in total. The second kappa shape index (κ2) is 11.7. The van der Waals surface area contributed by atoms with Crippen molar-refractivity contribution in [3.8, 4) is 17.5 Å². The fourth-order valence-corrected chi connectivity index (χ4v) is 7.11. The molecule has 11 heteroatoms. The smallest absolute Gasteiger partial charge is 0.318 e. The van der Waals surface area contributed by atoms with Gasteiger partial charge in [0, 0.05) is 57.1 Å². The van der Waals surface area contributed by atoms with Crippen molar-refractivity contribution >= 4 is 15.8 Å². The van der Waals surface area contributed by atoms with Gasteiger partial charge in [0.15, 0.2) is 0 Å². The highest BCUT2D eigenvalue weighted by Crippen LogP contribution is 2.35. The van der Waals surface area contributed by atoms with E-state index < -0.39 is 10.0 Å². The van der Waals surface area contributed by atoms with E-state index in [0.29, 0.717) is 21.8 Å². The molecule has 2 aliphatic rings. The van der Waals surface area contributed by atoms with E-state index in [9.17, 15) is 8.42 Å². The molecule has 0 unspecified atom stereocenters. The average molecular weight is 554 g/mol. The summed E-state index contributed by atoms with van der Waals surface area (Å²) >= 11 is 0. The van der Waals surface area contributed by atoms with E-state index >= 15 is 0 Å². The number of benzene rings is 1. The van der Waals surface area contributed by atoms with Crippen LogP contribution in [-0.2, 0) is 10.0 Å². The van der Waals surface area contributed by atoms with Crippen LogP contribution in [0.4, 0.5) is 5.82 Å². The van der Waals surface area contributed by atoms with E-state index in [1.165, 1.54) is 0 Å². The zero-order chi connectivity index (χ0) is 27.4. The van der Waals surface area contributed by atoms with Crippen LogP contribution in [0.1, 0.15) is 36.8 Å². The van der Waals surface area contributed by atoms with Crippen LogP contribution in [0.25, 0.3) is 0 Å². The van der Waals surface area contributed by atoms with Gasteiger partial charge in [-0.15, -0.1) is 0 Å². The van der Waals surface area contributed by atoms with Gasteiger partial charge in [0.1, 0.15) is 30.0 Å². The molecule has 0 bridgehead atoms. The summed E-state index contributed by atoms with van der Waals surface area (Å²) < 4.78 is 46.2. The van der Waals surface area contributed by atoms with E-state index in [-0.39, 0.29) is 31.3 Å². The number of ether oxygens (including phenoxy) is 3. The van der Waals surface area contributed by atoms with Crippen LogP contribution in [0.2, 0.25) is 0 Å². The Labute approximate surface area is 230 Å². The Bertz CT molecular complexity index is 1350. The Morgan fingerprint density at radius 1 is 0.974 bits per heavy atom. The highest BCUT2D eigenvalue weighted by molar-refractivity contribution is 7.89. The second-order valence-electron chi connectivity index (χ2n) is 9.97. The highest BCUT2D eigenvalue weighted by Gasteiger charge is 2.39. The summed E-state index contributed by atoms with van der Waals surface area (Å²) in [5, 5.41) is 0. The van der Waals surface area contributed by atoms with E-state index in [1.807, 2.05) is 18.2 Å². The van der Waals surface area contributed by atoms with Crippen molar-refractivity contribution in [2.24, 2.45) is 0 Å². The minimum absolute atomic E-state index is 0.0116. The Balaban J connectivity index is 1.19. The lowest BCUT2D eigenvalue weighted by Crippen LogP contribution is -2.39. The zero-order valence-corrected chi connectivity index (χ0v) is 23.4. The second-order valence-corrected chi connectivity index (χ2v) is 11.8. The summed E-state index contributed by atoms with van der Waals surface area (Å²) in [6.45, 7) is 5.61. The molecule has 0 radical (unpaired) electrons. The van der Waals surface area contributed by atoms with E-state index in [2.05, 4.69) is 19.9 Å². The highest BCUT2D eigenvalue weighted by atomic mass is 32.2. The summed E-state index contributed by atoms with van der Waals surface area (Å²) in [5.41, 5.74) is 1.34. The Morgan fingerprint density at radius 2 is 1.67 bits per heavy atom. The van der Waals surface area contributed by atoms with Crippen molar-refractivity contribution in [1.82, 2.24) is 19.3 Å². The summed E-state index contributed by atoms with van der Waals surface area (Å²) in [7, 11) is -2.12. The van der Waals surface area contributed by atoms with Crippen LogP contribution >= 0.6 is 0 Å². The normalized spacial score (nSPS) is 16.4. The molecule has 5 rings (SSSR count). The largest absolute Gasteiger partial charge is 0.497 e. The molecule has 3 aromatic rings. The molecule has 0 amide bonds. The molecule has 3 heterocycles. The molecule has 0 atom stereocenters. The van der Waals surface area contributed by atoms with Gasteiger partial charge >= 0.3 is 6.01 Å². The molecule has 0 spiro atoms. The number of nitrogens with zero attached hydrogens (tertiary/aromatic N) is 5. The third kappa shape index (κ3) is 6.42. The maximum Gasteiger partial charge on any atom is 0.318 e. The van der Waals surface area contributed by atoms with Crippen molar-refractivity contribution in [2.45, 2.75) is 56.6 Å². The Hall–Kier alpha value is -3.44. The number of methoxy groups -OCH3 is 1. The predicted molar refractivity (Wildman–Crippen MR) is 147 cm³/mol. The van der Waals surface area contributed by atoms with Crippen LogP contribution < -0.4 is 19.1 Å². The first-order valence-corrected chi connectivity index (χ1v) is 14.7. The van der Waals surface area contributed by atoms with Crippen molar-refractivity contribution in [1.29, 1.82) is 0 Å². The van der Waals surface area contributed by atoms with Gasteiger partial charge in [0.05, 0.1) is 12.0 Å². The zero-order valence-electron chi connectivity index (χ0n) is 22.6. The van der Waals surface area contributed by atoms with Gasteiger partial charge in [0.2, 0.25) is 10.0 Å². The van der Waals surface area contributed by atoms with Crippen molar-refractivity contribution < 1.29 is 22.6 Å². The molecule has 1 aliphatic heterocycles. The molecule has 208 valence electrons. The fourth-order valence-electron chi connectivity index (χ4n) is 5.03. The standard InChI is InChI=1S/C28H35N5O5S/c1-20-18-25(36-3)19-21(2)27(20)39(34,35)33(22-4-5-22)16-17-37-28-30-13-8-26(31-28)32-14-9-24(10-15-32)38-23-6-11-29-12-7-23/h6-8,11-13,18-19,22,24H,4-5,9-10,14-17H2,1-3H3. The number of pyridine rings is 1. The van der Waals surface area contributed by atoms with E-state index in [0.717, 1.165) is 50.3 Å². The first-order valence-electron chi connectivity index (χ1n) is 13.3. The van der Waals surface area contributed by atoms with E-state index in [1.54, 1.807) is 56.0 Å². The number of hydrogen-bond acceptors (Lipinski definition) is 9. The first-order chi connectivity index (χ1) is 18.8. The number of piperidine rings is 1. The molecule has 1 aliphatic carbocycles. The van der Waals surface area contributed by atoms with Crippen molar-refractivity contribution in [3.05, 3.63) is 60.0 Å². The molecule has 10 nitrogen and oxygen atoms in total. The van der Waals surface area contributed by atoms with Crippen LogP contribution in [-0.4, -0.2) is 73.2 Å². The predicted octanol–water partition coefficient (Wildman–Crippen LogP) is 3.78. The number of rotatable bonds is 11. The lowest BCUT2D eigenvalue weighted by atomic mass is 10.1. The summed E-state index contributed by atoms with van der Waals surface area (Å²) in [4.78, 5) is 15.4. The molecule has 1 aromatic carbocycles.